The Labute approximate surface area is 127 Å². The van der Waals surface area contributed by atoms with Crippen molar-refractivity contribution in [1.82, 2.24) is 24.1 Å². The number of hydrogen-bond donors (Lipinski definition) is 1. The van der Waals surface area contributed by atoms with Gasteiger partial charge in [0.15, 0.2) is 5.82 Å². The van der Waals surface area contributed by atoms with Crippen molar-refractivity contribution in [3.63, 3.8) is 0 Å². The van der Waals surface area contributed by atoms with Crippen LogP contribution in [0.5, 0.6) is 0 Å². The molecule has 0 saturated heterocycles. The fourth-order valence-corrected chi connectivity index (χ4v) is 3.16. The molecule has 2 aromatic heterocycles. The van der Waals surface area contributed by atoms with Crippen LogP contribution in [0.1, 0.15) is 56.1 Å². The summed E-state index contributed by atoms with van der Waals surface area (Å²) in [5, 5.41) is 8.78. The van der Waals surface area contributed by atoms with Gasteiger partial charge < -0.3 is 10.1 Å². The van der Waals surface area contributed by atoms with Crippen LogP contribution < -0.4 is 5.32 Å². The second-order valence-corrected chi connectivity index (χ2v) is 6.25. The molecule has 0 saturated carbocycles. The van der Waals surface area contributed by atoms with E-state index >= 15 is 0 Å². The summed E-state index contributed by atoms with van der Waals surface area (Å²) in [4.78, 5) is 9.11. The molecular formula is C13H20N6OS. The number of nitrogens with zero attached hydrogens (tertiary/aromatic N) is 5. The number of methoxy groups -OCH3 is 1. The van der Waals surface area contributed by atoms with E-state index in [0.717, 1.165) is 42.0 Å². The summed E-state index contributed by atoms with van der Waals surface area (Å²) in [7, 11) is 1.66. The Bertz CT molecular complexity index is 608. The molecule has 8 heteroatoms. The molecule has 2 aromatic rings. The zero-order valence-corrected chi connectivity index (χ0v) is 13.4. The molecule has 1 aliphatic rings. The Balaban J connectivity index is 1.77. The largest absolute Gasteiger partial charge is 0.377 e. The topological polar surface area (TPSA) is 77.8 Å². The summed E-state index contributed by atoms with van der Waals surface area (Å²) in [6.45, 7) is 5.56. The monoisotopic (exact) mass is 308 g/mol. The zero-order chi connectivity index (χ0) is 14.8. The van der Waals surface area contributed by atoms with Crippen LogP contribution in [0.4, 0.5) is 5.13 Å². The SMILES string of the molecule is COCc1nc2n(n1)CCC[C@@H]2Nc1nc(C(C)C)ns1. The summed E-state index contributed by atoms with van der Waals surface area (Å²) < 4.78 is 11.5. The highest BCUT2D eigenvalue weighted by molar-refractivity contribution is 7.09. The van der Waals surface area contributed by atoms with E-state index in [4.69, 9.17) is 4.74 Å². The molecule has 7 nitrogen and oxygen atoms in total. The van der Waals surface area contributed by atoms with Crippen molar-refractivity contribution in [2.24, 2.45) is 0 Å². The fourth-order valence-electron chi connectivity index (χ4n) is 2.40. The molecule has 1 N–H and O–H groups in total. The van der Waals surface area contributed by atoms with Gasteiger partial charge in [-0.3, -0.25) is 0 Å². The van der Waals surface area contributed by atoms with Crippen molar-refractivity contribution in [3.05, 3.63) is 17.5 Å². The molecule has 0 bridgehead atoms. The van der Waals surface area contributed by atoms with Gasteiger partial charge in [-0.2, -0.15) is 9.47 Å². The smallest absolute Gasteiger partial charge is 0.203 e. The summed E-state index contributed by atoms with van der Waals surface area (Å²) in [5.74, 6) is 2.94. The molecule has 0 radical (unpaired) electrons. The molecule has 1 atom stereocenters. The van der Waals surface area contributed by atoms with Crippen LogP contribution in [0, 0.1) is 0 Å². The molecule has 0 spiro atoms. The molecule has 0 fully saturated rings. The highest BCUT2D eigenvalue weighted by Crippen LogP contribution is 2.28. The molecule has 0 aliphatic carbocycles. The Morgan fingerprint density at radius 2 is 2.29 bits per heavy atom. The first-order valence-corrected chi connectivity index (χ1v) is 7.97. The number of fused-ring (bicyclic) bond motifs is 1. The second-order valence-electron chi connectivity index (χ2n) is 5.49. The first kappa shape index (κ1) is 14.4. The van der Waals surface area contributed by atoms with Gasteiger partial charge in [-0.05, 0) is 12.8 Å². The van der Waals surface area contributed by atoms with Crippen molar-refractivity contribution in [3.8, 4) is 0 Å². The van der Waals surface area contributed by atoms with Gasteiger partial charge in [0.05, 0.1) is 6.04 Å². The molecule has 3 rings (SSSR count). The average Bonchev–Trinajstić information content (AvgIpc) is 3.06. The lowest BCUT2D eigenvalue weighted by Gasteiger charge is -2.22. The van der Waals surface area contributed by atoms with E-state index < -0.39 is 0 Å². The maximum absolute atomic E-state index is 5.11. The first-order valence-electron chi connectivity index (χ1n) is 7.20. The summed E-state index contributed by atoms with van der Waals surface area (Å²) in [6, 6.07) is 0.143. The van der Waals surface area contributed by atoms with Crippen molar-refractivity contribution in [2.75, 3.05) is 12.4 Å². The average molecular weight is 308 g/mol. The van der Waals surface area contributed by atoms with Crippen LogP contribution in [-0.2, 0) is 17.9 Å². The third kappa shape index (κ3) is 3.06. The predicted molar refractivity (Wildman–Crippen MR) is 80.3 cm³/mol. The maximum Gasteiger partial charge on any atom is 0.203 e. The minimum absolute atomic E-state index is 0.143. The van der Waals surface area contributed by atoms with Gasteiger partial charge in [-0.1, -0.05) is 13.8 Å². The Hall–Kier alpha value is -1.54. The highest BCUT2D eigenvalue weighted by Gasteiger charge is 2.25. The van der Waals surface area contributed by atoms with Crippen LogP contribution >= 0.6 is 11.5 Å². The fraction of sp³-hybridized carbons (Fsp3) is 0.692. The van der Waals surface area contributed by atoms with Crippen LogP contribution in [0.2, 0.25) is 0 Å². The lowest BCUT2D eigenvalue weighted by molar-refractivity contribution is 0.177. The van der Waals surface area contributed by atoms with E-state index in [9.17, 15) is 0 Å². The van der Waals surface area contributed by atoms with Gasteiger partial charge in [-0.25, -0.2) is 14.6 Å². The minimum Gasteiger partial charge on any atom is -0.377 e. The molecule has 3 heterocycles. The van der Waals surface area contributed by atoms with Gasteiger partial charge in [0.25, 0.3) is 0 Å². The third-order valence-electron chi connectivity index (χ3n) is 3.45. The van der Waals surface area contributed by atoms with Crippen molar-refractivity contribution >= 4 is 16.7 Å². The van der Waals surface area contributed by atoms with E-state index in [1.54, 1.807) is 7.11 Å². The third-order valence-corrected chi connectivity index (χ3v) is 4.11. The van der Waals surface area contributed by atoms with E-state index in [0.29, 0.717) is 12.5 Å². The molecule has 0 amide bonds. The maximum atomic E-state index is 5.11. The quantitative estimate of drug-likeness (QED) is 0.913. The molecule has 0 aromatic carbocycles. The Morgan fingerprint density at radius 1 is 1.43 bits per heavy atom. The standard InChI is InChI=1S/C13H20N6OS/c1-8(2)11-16-13(21-18-11)14-9-5-4-6-19-12(9)15-10(17-19)7-20-3/h8-9H,4-7H2,1-3H3,(H,14,16,18)/t9-/m0/s1. The number of ether oxygens (including phenoxy) is 1. The highest BCUT2D eigenvalue weighted by atomic mass is 32.1. The number of rotatable bonds is 5. The molecule has 0 unspecified atom stereocenters. The van der Waals surface area contributed by atoms with Crippen molar-refractivity contribution < 1.29 is 4.74 Å². The number of aryl methyl sites for hydroxylation is 1. The predicted octanol–water partition coefficient (Wildman–Crippen LogP) is 2.35. The van der Waals surface area contributed by atoms with Crippen LogP contribution in [0.3, 0.4) is 0 Å². The van der Waals surface area contributed by atoms with E-state index in [-0.39, 0.29) is 6.04 Å². The number of anilines is 1. The Kier molecular flexibility index (Phi) is 4.16. The normalized spacial score (nSPS) is 18.0. The summed E-state index contributed by atoms with van der Waals surface area (Å²) >= 11 is 1.41. The van der Waals surface area contributed by atoms with Crippen LogP contribution in [0.15, 0.2) is 0 Å². The molecule has 114 valence electrons. The van der Waals surface area contributed by atoms with Crippen LogP contribution in [0.25, 0.3) is 0 Å². The number of aromatic nitrogens is 5. The van der Waals surface area contributed by atoms with E-state index in [1.165, 1.54) is 11.5 Å². The van der Waals surface area contributed by atoms with E-state index in [1.807, 2.05) is 4.68 Å². The first-order chi connectivity index (χ1) is 10.2. The lowest BCUT2D eigenvalue weighted by Crippen LogP contribution is -2.22. The van der Waals surface area contributed by atoms with Gasteiger partial charge in [0, 0.05) is 31.1 Å². The minimum atomic E-state index is 0.143. The second kappa shape index (κ2) is 6.07. The van der Waals surface area contributed by atoms with E-state index in [2.05, 4.69) is 38.6 Å². The van der Waals surface area contributed by atoms with Gasteiger partial charge in [0.2, 0.25) is 5.13 Å². The van der Waals surface area contributed by atoms with Gasteiger partial charge in [-0.15, -0.1) is 0 Å². The number of hydrogen-bond acceptors (Lipinski definition) is 7. The lowest BCUT2D eigenvalue weighted by atomic mass is 10.1. The van der Waals surface area contributed by atoms with Crippen molar-refractivity contribution in [2.45, 2.75) is 51.8 Å². The summed E-state index contributed by atoms with van der Waals surface area (Å²) in [6.07, 6.45) is 2.11. The molecular weight excluding hydrogens is 288 g/mol. The molecule has 21 heavy (non-hydrogen) atoms. The zero-order valence-electron chi connectivity index (χ0n) is 12.5. The Morgan fingerprint density at radius 3 is 3.00 bits per heavy atom. The van der Waals surface area contributed by atoms with Gasteiger partial charge >= 0.3 is 0 Å². The molecule has 1 aliphatic heterocycles. The van der Waals surface area contributed by atoms with Crippen LogP contribution in [-0.4, -0.2) is 31.2 Å². The van der Waals surface area contributed by atoms with Gasteiger partial charge in [0.1, 0.15) is 18.3 Å². The summed E-state index contributed by atoms with van der Waals surface area (Å²) in [5.41, 5.74) is 0. The number of nitrogens with one attached hydrogen (secondary N) is 1. The van der Waals surface area contributed by atoms with Crippen molar-refractivity contribution in [1.29, 1.82) is 0 Å².